The molecule has 0 saturated heterocycles. The highest BCUT2D eigenvalue weighted by Crippen LogP contribution is 2.20. The largest absolute Gasteiger partial charge is 0.490 e. The van der Waals surface area contributed by atoms with Gasteiger partial charge < -0.3 is 9.47 Å². The van der Waals surface area contributed by atoms with Crippen LogP contribution in [0.4, 0.5) is 0 Å². The van der Waals surface area contributed by atoms with E-state index in [1.165, 1.54) is 5.57 Å². The summed E-state index contributed by atoms with van der Waals surface area (Å²) in [5.41, 5.74) is 2.33. The Hall–Kier alpha value is -3.07. The minimum absolute atomic E-state index is 0.0570. The van der Waals surface area contributed by atoms with Crippen molar-refractivity contribution in [2.24, 2.45) is 0 Å². The summed E-state index contributed by atoms with van der Waals surface area (Å²) in [6, 6.07) is 14.8. The highest BCUT2D eigenvalue weighted by Gasteiger charge is 2.14. The van der Waals surface area contributed by atoms with Crippen molar-refractivity contribution < 1.29 is 14.3 Å². The van der Waals surface area contributed by atoms with Crippen LogP contribution in [0.25, 0.3) is 6.08 Å². The summed E-state index contributed by atoms with van der Waals surface area (Å²) < 4.78 is 11.4. The van der Waals surface area contributed by atoms with E-state index in [0.29, 0.717) is 17.9 Å². The Morgan fingerprint density at radius 1 is 1.00 bits per heavy atom. The minimum atomic E-state index is -0.451. The van der Waals surface area contributed by atoms with E-state index >= 15 is 0 Å². The second-order valence-electron chi connectivity index (χ2n) is 7.29. The molecule has 0 atom stereocenters. The fourth-order valence-corrected chi connectivity index (χ4v) is 2.28. The summed E-state index contributed by atoms with van der Waals surface area (Å²) >= 11 is 0. The van der Waals surface area contributed by atoms with E-state index in [1.54, 1.807) is 42.5 Å². The number of ketones is 1. The smallest absolute Gasteiger partial charge is 0.185 e. The first-order valence-corrected chi connectivity index (χ1v) is 9.30. The predicted octanol–water partition coefficient (Wildman–Crippen LogP) is 6.27. The van der Waals surface area contributed by atoms with Crippen molar-refractivity contribution in [1.29, 1.82) is 0 Å². The molecule has 3 heteroatoms. The van der Waals surface area contributed by atoms with E-state index in [9.17, 15) is 4.79 Å². The molecule has 0 aromatic heterocycles. The van der Waals surface area contributed by atoms with E-state index in [2.05, 4.69) is 6.58 Å². The number of benzene rings is 2. The van der Waals surface area contributed by atoms with Crippen LogP contribution in [-0.4, -0.2) is 18.0 Å². The number of rotatable bonds is 9. The van der Waals surface area contributed by atoms with Gasteiger partial charge in [-0.1, -0.05) is 30.4 Å². The third-order valence-electron chi connectivity index (χ3n) is 4.06. The molecule has 0 radical (unpaired) electrons. The van der Waals surface area contributed by atoms with Gasteiger partial charge in [0.1, 0.15) is 23.7 Å². The summed E-state index contributed by atoms with van der Waals surface area (Å²) in [5.74, 6) is 1.45. The van der Waals surface area contributed by atoms with Crippen LogP contribution < -0.4 is 9.47 Å². The maximum Gasteiger partial charge on any atom is 0.185 e. The van der Waals surface area contributed by atoms with Crippen molar-refractivity contribution in [1.82, 2.24) is 0 Å². The predicted molar refractivity (Wildman–Crippen MR) is 116 cm³/mol. The normalized spacial score (nSPS) is 11.1. The highest BCUT2D eigenvalue weighted by molar-refractivity contribution is 6.06. The van der Waals surface area contributed by atoms with Crippen molar-refractivity contribution in [3.8, 4) is 11.5 Å². The Bertz CT molecular complexity index is 850. The Morgan fingerprint density at radius 2 is 1.61 bits per heavy atom. The van der Waals surface area contributed by atoms with Crippen LogP contribution in [0.15, 0.2) is 78.9 Å². The number of allylic oxidation sites excluding steroid dienone is 2. The maximum absolute atomic E-state index is 12.4. The Labute approximate surface area is 168 Å². The van der Waals surface area contributed by atoms with E-state index in [4.69, 9.17) is 9.47 Å². The lowest BCUT2D eigenvalue weighted by atomic mass is 10.1. The van der Waals surface area contributed by atoms with Crippen molar-refractivity contribution >= 4 is 11.9 Å². The van der Waals surface area contributed by atoms with Gasteiger partial charge in [0.05, 0.1) is 0 Å². The molecule has 0 saturated carbocycles. The van der Waals surface area contributed by atoms with Gasteiger partial charge in [-0.3, -0.25) is 4.79 Å². The molecule has 2 aromatic rings. The monoisotopic (exact) mass is 376 g/mol. The minimum Gasteiger partial charge on any atom is -0.490 e. The van der Waals surface area contributed by atoms with E-state index in [-0.39, 0.29) is 5.78 Å². The molecule has 3 nitrogen and oxygen atoms in total. The van der Waals surface area contributed by atoms with Gasteiger partial charge in [-0.25, -0.2) is 0 Å². The molecule has 28 heavy (non-hydrogen) atoms. The van der Waals surface area contributed by atoms with Crippen LogP contribution in [0.1, 0.15) is 43.6 Å². The second kappa shape index (κ2) is 9.75. The molecule has 0 heterocycles. The number of hydrogen-bond acceptors (Lipinski definition) is 3. The zero-order valence-corrected chi connectivity index (χ0v) is 17.1. The zero-order valence-electron chi connectivity index (χ0n) is 17.1. The lowest BCUT2D eigenvalue weighted by molar-refractivity contribution is 0.104. The molecule has 0 bridgehead atoms. The van der Waals surface area contributed by atoms with Gasteiger partial charge in [-0.05, 0) is 87.9 Å². The van der Waals surface area contributed by atoms with Crippen molar-refractivity contribution in [3.05, 3.63) is 90.0 Å². The molecule has 0 aliphatic heterocycles. The average molecular weight is 376 g/mol. The second-order valence-corrected chi connectivity index (χ2v) is 7.29. The topological polar surface area (TPSA) is 35.5 Å². The van der Waals surface area contributed by atoms with Crippen LogP contribution in [0.2, 0.25) is 0 Å². The lowest BCUT2D eigenvalue weighted by Crippen LogP contribution is -2.24. The van der Waals surface area contributed by atoms with Gasteiger partial charge >= 0.3 is 0 Å². The molecular weight excluding hydrogens is 348 g/mol. The van der Waals surface area contributed by atoms with Crippen LogP contribution in [0.5, 0.6) is 11.5 Å². The molecule has 0 spiro atoms. The summed E-state index contributed by atoms with van der Waals surface area (Å²) in [7, 11) is 0. The van der Waals surface area contributed by atoms with Gasteiger partial charge in [-0.2, -0.15) is 0 Å². The SMILES string of the molecule is C=CC(C)(C)Oc1ccc(C(=O)/C=C/c2ccc(OCC=C(C)C)cc2)cc1. The van der Waals surface area contributed by atoms with E-state index < -0.39 is 5.60 Å². The summed E-state index contributed by atoms with van der Waals surface area (Å²) in [5, 5.41) is 0. The van der Waals surface area contributed by atoms with Crippen molar-refractivity contribution in [2.75, 3.05) is 6.61 Å². The third kappa shape index (κ3) is 6.92. The van der Waals surface area contributed by atoms with Gasteiger partial charge in [0.25, 0.3) is 0 Å². The fraction of sp³-hybridized carbons (Fsp3) is 0.240. The number of carbonyl (C=O) groups is 1. The molecule has 0 amide bonds. The number of ether oxygens (including phenoxy) is 2. The standard InChI is InChI=1S/C25H28O3/c1-6-25(4,5)28-23-14-10-21(11-15-23)24(26)16-9-20-7-12-22(13-8-20)27-18-17-19(2)3/h6-17H,1,18H2,2-5H3/b16-9+. The first-order chi connectivity index (χ1) is 13.3. The number of hydrogen-bond donors (Lipinski definition) is 0. The lowest BCUT2D eigenvalue weighted by Gasteiger charge is -2.22. The van der Waals surface area contributed by atoms with Gasteiger partial charge in [-0.15, -0.1) is 0 Å². The van der Waals surface area contributed by atoms with Crippen molar-refractivity contribution in [2.45, 2.75) is 33.3 Å². The molecule has 0 aliphatic carbocycles. The van der Waals surface area contributed by atoms with Crippen molar-refractivity contribution in [3.63, 3.8) is 0 Å². The molecule has 0 aliphatic rings. The Balaban J connectivity index is 1.95. The fourth-order valence-electron chi connectivity index (χ4n) is 2.28. The quantitative estimate of drug-likeness (QED) is 0.294. The van der Waals surface area contributed by atoms with Gasteiger partial charge in [0.2, 0.25) is 0 Å². The third-order valence-corrected chi connectivity index (χ3v) is 4.06. The summed E-state index contributed by atoms with van der Waals surface area (Å²) in [4.78, 5) is 12.4. The maximum atomic E-state index is 12.4. The molecule has 0 fully saturated rings. The van der Waals surface area contributed by atoms with Crippen LogP contribution in [-0.2, 0) is 0 Å². The van der Waals surface area contributed by atoms with E-state index in [1.807, 2.05) is 58.0 Å². The molecule has 0 unspecified atom stereocenters. The first kappa shape index (κ1) is 21.2. The zero-order chi connectivity index (χ0) is 20.6. The molecule has 146 valence electrons. The Kier molecular flexibility index (Phi) is 7.39. The first-order valence-electron chi connectivity index (χ1n) is 9.30. The summed E-state index contributed by atoms with van der Waals surface area (Å²) in [6.07, 6.45) is 7.14. The number of carbonyl (C=O) groups excluding carboxylic acids is 1. The average Bonchev–Trinajstić information content (AvgIpc) is 2.67. The van der Waals surface area contributed by atoms with Crippen LogP contribution in [0, 0.1) is 0 Å². The molecule has 2 rings (SSSR count). The van der Waals surface area contributed by atoms with Gasteiger partial charge in [0, 0.05) is 5.56 Å². The van der Waals surface area contributed by atoms with Gasteiger partial charge in [0.15, 0.2) is 5.78 Å². The molecule has 2 aromatic carbocycles. The molecule has 0 N–H and O–H groups in total. The van der Waals surface area contributed by atoms with Crippen LogP contribution in [0.3, 0.4) is 0 Å². The van der Waals surface area contributed by atoms with E-state index in [0.717, 1.165) is 11.3 Å². The Morgan fingerprint density at radius 3 is 2.18 bits per heavy atom. The van der Waals surface area contributed by atoms with Crippen LogP contribution >= 0.6 is 0 Å². The molecular formula is C25H28O3. The highest BCUT2D eigenvalue weighted by atomic mass is 16.5. The summed E-state index contributed by atoms with van der Waals surface area (Å²) in [6.45, 7) is 12.2.